The summed E-state index contributed by atoms with van der Waals surface area (Å²) in [6.45, 7) is 6.40. The number of rotatable bonds is 13. The maximum atomic E-state index is 13.4. The molecule has 2 rings (SSSR count). The van der Waals surface area contributed by atoms with Gasteiger partial charge in [0.05, 0.1) is 11.9 Å². The van der Waals surface area contributed by atoms with E-state index in [0.29, 0.717) is 24.2 Å². The minimum absolute atomic E-state index is 0.0656. The first-order valence-electron chi connectivity index (χ1n) is 12.0. The van der Waals surface area contributed by atoms with Gasteiger partial charge < -0.3 is 10.2 Å². The zero-order valence-electron chi connectivity index (χ0n) is 21.0. The average Bonchev–Trinajstić information content (AvgIpc) is 2.82. The Morgan fingerprint density at radius 2 is 1.57 bits per heavy atom. The molecule has 1 atom stereocenters. The lowest BCUT2D eigenvalue weighted by Gasteiger charge is -2.31. The van der Waals surface area contributed by atoms with Gasteiger partial charge in [-0.2, -0.15) is 0 Å². The quantitative estimate of drug-likeness (QED) is 0.448. The van der Waals surface area contributed by atoms with Crippen molar-refractivity contribution >= 4 is 27.5 Å². The lowest BCUT2D eigenvalue weighted by Crippen LogP contribution is -2.49. The van der Waals surface area contributed by atoms with Gasteiger partial charge in [-0.15, -0.1) is 0 Å². The number of nitrogens with one attached hydrogen (secondary N) is 1. The van der Waals surface area contributed by atoms with E-state index in [9.17, 15) is 22.4 Å². The van der Waals surface area contributed by atoms with E-state index in [-0.39, 0.29) is 43.6 Å². The lowest BCUT2D eigenvalue weighted by atomic mass is 10.1. The number of nitrogens with zero attached hydrogens (tertiary/aromatic N) is 2. The van der Waals surface area contributed by atoms with Crippen molar-refractivity contribution in [3.63, 3.8) is 0 Å². The van der Waals surface area contributed by atoms with Crippen LogP contribution in [0.3, 0.4) is 0 Å². The van der Waals surface area contributed by atoms with Crippen LogP contribution in [0.2, 0.25) is 0 Å². The second-order valence-electron chi connectivity index (χ2n) is 8.43. The maximum absolute atomic E-state index is 13.4. The first kappa shape index (κ1) is 28.3. The molecule has 0 aromatic heterocycles. The first-order chi connectivity index (χ1) is 16.6. The zero-order valence-corrected chi connectivity index (χ0v) is 21.8. The van der Waals surface area contributed by atoms with Crippen molar-refractivity contribution in [3.8, 4) is 0 Å². The Bertz CT molecular complexity index is 1070. The van der Waals surface area contributed by atoms with E-state index in [2.05, 4.69) is 5.32 Å². The lowest BCUT2D eigenvalue weighted by molar-refractivity contribution is -0.141. The Kier molecular flexibility index (Phi) is 10.7. The standard InChI is InChI=1S/C26H36FN3O4S/c1-5-20-12-16-23(17-13-20)30(35(4,33)34)18-8-9-25(31)29(24(6-2)26(32)28-7-3)19-21-10-14-22(27)15-11-21/h10-17,24H,5-9,18-19H2,1-4H3,(H,28,32). The van der Waals surface area contributed by atoms with E-state index in [1.54, 1.807) is 24.3 Å². The highest BCUT2D eigenvalue weighted by Gasteiger charge is 2.28. The zero-order chi connectivity index (χ0) is 26.0. The van der Waals surface area contributed by atoms with Crippen molar-refractivity contribution in [3.05, 3.63) is 65.5 Å². The predicted molar refractivity (Wildman–Crippen MR) is 137 cm³/mol. The largest absolute Gasteiger partial charge is 0.355 e. The van der Waals surface area contributed by atoms with Crippen LogP contribution in [-0.4, -0.2) is 50.5 Å². The van der Waals surface area contributed by atoms with Gasteiger partial charge in [-0.05, 0) is 61.6 Å². The normalized spacial score (nSPS) is 12.1. The van der Waals surface area contributed by atoms with Crippen molar-refractivity contribution in [2.24, 2.45) is 0 Å². The molecule has 0 heterocycles. The van der Waals surface area contributed by atoms with Gasteiger partial charge in [0.2, 0.25) is 21.8 Å². The molecule has 0 saturated carbocycles. The van der Waals surface area contributed by atoms with Gasteiger partial charge in [0.25, 0.3) is 0 Å². The summed E-state index contributed by atoms with van der Waals surface area (Å²) < 4.78 is 39.5. The van der Waals surface area contributed by atoms with Gasteiger partial charge in [-0.3, -0.25) is 13.9 Å². The van der Waals surface area contributed by atoms with Crippen LogP contribution in [-0.2, 0) is 32.6 Å². The topological polar surface area (TPSA) is 86.8 Å². The fraction of sp³-hybridized carbons (Fsp3) is 0.462. The number of anilines is 1. The highest BCUT2D eigenvalue weighted by Crippen LogP contribution is 2.20. The van der Waals surface area contributed by atoms with Gasteiger partial charge in [0, 0.05) is 26.1 Å². The monoisotopic (exact) mass is 505 g/mol. The number of aryl methyl sites for hydroxylation is 1. The molecule has 0 radical (unpaired) electrons. The second-order valence-corrected chi connectivity index (χ2v) is 10.3. The molecule has 1 unspecified atom stereocenters. The number of benzene rings is 2. The van der Waals surface area contributed by atoms with Crippen LogP contribution in [0.4, 0.5) is 10.1 Å². The van der Waals surface area contributed by atoms with Crippen molar-refractivity contribution in [2.75, 3.05) is 23.7 Å². The second kappa shape index (κ2) is 13.2. The van der Waals surface area contributed by atoms with Crippen LogP contribution < -0.4 is 9.62 Å². The molecule has 2 aromatic rings. The average molecular weight is 506 g/mol. The van der Waals surface area contributed by atoms with E-state index >= 15 is 0 Å². The molecule has 0 aliphatic carbocycles. The molecule has 0 fully saturated rings. The number of halogens is 1. The Morgan fingerprint density at radius 1 is 0.971 bits per heavy atom. The van der Waals surface area contributed by atoms with Gasteiger partial charge in [0.1, 0.15) is 11.9 Å². The molecule has 0 bridgehead atoms. The van der Waals surface area contributed by atoms with Crippen LogP contribution in [0.1, 0.15) is 51.2 Å². The van der Waals surface area contributed by atoms with E-state index in [0.717, 1.165) is 18.2 Å². The van der Waals surface area contributed by atoms with E-state index in [1.807, 2.05) is 32.9 Å². The van der Waals surface area contributed by atoms with Crippen molar-refractivity contribution in [1.82, 2.24) is 10.2 Å². The number of likely N-dealkylation sites (N-methyl/N-ethyl adjacent to an activating group) is 1. The van der Waals surface area contributed by atoms with Gasteiger partial charge in [0.15, 0.2) is 0 Å². The molecule has 0 spiro atoms. The molecule has 192 valence electrons. The molecule has 2 amide bonds. The van der Waals surface area contributed by atoms with Crippen molar-refractivity contribution in [2.45, 2.75) is 59.0 Å². The Hall–Kier alpha value is -2.94. The molecule has 7 nitrogen and oxygen atoms in total. The Morgan fingerprint density at radius 3 is 2.09 bits per heavy atom. The van der Waals surface area contributed by atoms with Crippen LogP contribution in [0.25, 0.3) is 0 Å². The minimum Gasteiger partial charge on any atom is -0.355 e. The third-order valence-corrected chi connectivity index (χ3v) is 6.98. The van der Waals surface area contributed by atoms with Gasteiger partial charge >= 0.3 is 0 Å². The molecule has 35 heavy (non-hydrogen) atoms. The van der Waals surface area contributed by atoms with Crippen LogP contribution in [0.5, 0.6) is 0 Å². The molecule has 1 N–H and O–H groups in total. The molecular weight excluding hydrogens is 469 g/mol. The van der Waals surface area contributed by atoms with Crippen molar-refractivity contribution in [1.29, 1.82) is 0 Å². The highest BCUT2D eigenvalue weighted by atomic mass is 32.2. The summed E-state index contributed by atoms with van der Waals surface area (Å²) in [6.07, 6.45) is 2.76. The summed E-state index contributed by atoms with van der Waals surface area (Å²) in [6, 6.07) is 12.5. The molecule has 2 aromatic carbocycles. The molecule has 0 aliphatic rings. The summed E-state index contributed by atoms with van der Waals surface area (Å²) in [5, 5.41) is 2.77. The summed E-state index contributed by atoms with van der Waals surface area (Å²) in [7, 11) is -3.54. The maximum Gasteiger partial charge on any atom is 0.242 e. The summed E-state index contributed by atoms with van der Waals surface area (Å²) in [5.41, 5.74) is 2.36. The van der Waals surface area contributed by atoms with E-state index in [1.165, 1.54) is 21.3 Å². The number of sulfonamides is 1. The summed E-state index contributed by atoms with van der Waals surface area (Å²) >= 11 is 0. The minimum atomic E-state index is -3.54. The van der Waals surface area contributed by atoms with Crippen LogP contribution in [0, 0.1) is 5.82 Å². The number of carbonyl (C=O) groups excluding carboxylic acids is 2. The third-order valence-electron chi connectivity index (χ3n) is 5.79. The van der Waals surface area contributed by atoms with Crippen LogP contribution in [0.15, 0.2) is 48.5 Å². The SMILES string of the molecule is CCNC(=O)C(CC)N(Cc1ccc(F)cc1)C(=O)CCCN(c1ccc(CC)cc1)S(C)(=O)=O. The smallest absolute Gasteiger partial charge is 0.242 e. The summed E-state index contributed by atoms with van der Waals surface area (Å²) in [4.78, 5) is 27.4. The first-order valence-corrected chi connectivity index (χ1v) is 13.8. The fourth-order valence-corrected chi connectivity index (χ4v) is 4.87. The van der Waals surface area contributed by atoms with E-state index < -0.39 is 16.1 Å². The fourth-order valence-electron chi connectivity index (χ4n) is 3.90. The Balaban J connectivity index is 2.18. The van der Waals surface area contributed by atoms with Gasteiger partial charge in [-0.25, -0.2) is 12.8 Å². The Labute approximate surface area is 208 Å². The third kappa shape index (κ3) is 8.35. The van der Waals surface area contributed by atoms with E-state index in [4.69, 9.17) is 0 Å². The van der Waals surface area contributed by atoms with Crippen molar-refractivity contribution < 1.29 is 22.4 Å². The predicted octanol–water partition coefficient (Wildman–Crippen LogP) is 3.88. The summed E-state index contributed by atoms with van der Waals surface area (Å²) in [5.74, 6) is -0.892. The number of amides is 2. The molecule has 9 heteroatoms. The van der Waals surface area contributed by atoms with Gasteiger partial charge in [-0.1, -0.05) is 38.1 Å². The number of carbonyl (C=O) groups is 2. The molecular formula is C26H36FN3O4S. The van der Waals surface area contributed by atoms with Crippen LogP contribution >= 0.6 is 0 Å². The highest BCUT2D eigenvalue weighted by molar-refractivity contribution is 7.92. The molecule has 0 aliphatic heterocycles. The molecule has 0 saturated heterocycles. The number of hydrogen-bond acceptors (Lipinski definition) is 4. The number of hydrogen-bond donors (Lipinski definition) is 1.